The number of rotatable bonds is 4. The summed E-state index contributed by atoms with van der Waals surface area (Å²) >= 11 is 0. The molecule has 2 saturated heterocycles. The predicted octanol–water partition coefficient (Wildman–Crippen LogP) is 2.51. The summed E-state index contributed by atoms with van der Waals surface area (Å²) in [6.07, 6.45) is 3.64. The zero-order valence-electron chi connectivity index (χ0n) is 15.3. The molecule has 3 atom stereocenters. The highest BCUT2D eigenvalue weighted by molar-refractivity contribution is 5.92. The van der Waals surface area contributed by atoms with Crippen molar-refractivity contribution < 1.29 is 14.3 Å². The lowest BCUT2D eigenvalue weighted by molar-refractivity contribution is -0.0675. The molecular weight excluding hydrogens is 330 g/mol. The smallest absolute Gasteiger partial charge is 0.272 e. The van der Waals surface area contributed by atoms with E-state index in [0.29, 0.717) is 18.2 Å². The minimum Gasteiger partial charge on any atom is -0.491 e. The van der Waals surface area contributed by atoms with Crippen LogP contribution in [0.5, 0.6) is 5.75 Å². The Morgan fingerprint density at radius 3 is 2.88 bits per heavy atom. The predicted molar refractivity (Wildman–Crippen MR) is 97.1 cm³/mol. The Kier molecular flexibility index (Phi) is 4.44. The monoisotopic (exact) mass is 355 g/mol. The van der Waals surface area contributed by atoms with Gasteiger partial charge in [0.05, 0.1) is 6.10 Å². The molecule has 1 aromatic heterocycles. The van der Waals surface area contributed by atoms with Crippen molar-refractivity contribution in [3.05, 3.63) is 48.3 Å². The number of benzene rings is 1. The van der Waals surface area contributed by atoms with Crippen LogP contribution in [-0.4, -0.2) is 52.0 Å². The van der Waals surface area contributed by atoms with Gasteiger partial charge in [0.2, 0.25) is 0 Å². The van der Waals surface area contributed by atoms with Crippen molar-refractivity contribution >= 4 is 5.91 Å². The summed E-state index contributed by atoms with van der Waals surface area (Å²) in [5, 5.41) is 4.10. The maximum atomic E-state index is 12.7. The molecule has 2 aliphatic heterocycles. The molecule has 1 aromatic carbocycles. The second kappa shape index (κ2) is 6.76. The lowest BCUT2D eigenvalue weighted by Crippen LogP contribution is -2.44. The number of para-hydroxylation sites is 1. The summed E-state index contributed by atoms with van der Waals surface area (Å²) in [5.74, 6) is 1.27. The van der Waals surface area contributed by atoms with E-state index in [2.05, 4.69) is 12.0 Å². The Hall–Kier alpha value is -2.34. The number of hydrogen-bond donors (Lipinski definition) is 0. The van der Waals surface area contributed by atoms with Gasteiger partial charge in [-0.05, 0) is 38.0 Å². The van der Waals surface area contributed by atoms with Crippen molar-refractivity contribution in [1.29, 1.82) is 0 Å². The molecule has 26 heavy (non-hydrogen) atoms. The highest BCUT2D eigenvalue weighted by atomic mass is 16.6. The molecule has 0 saturated carbocycles. The lowest BCUT2D eigenvalue weighted by Gasteiger charge is -2.34. The van der Waals surface area contributed by atoms with Crippen LogP contribution < -0.4 is 4.74 Å². The normalized spacial score (nSPS) is 28.0. The van der Waals surface area contributed by atoms with E-state index in [4.69, 9.17) is 9.47 Å². The molecule has 0 unspecified atom stereocenters. The van der Waals surface area contributed by atoms with Crippen molar-refractivity contribution in [3.8, 4) is 5.75 Å². The fourth-order valence-corrected chi connectivity index (χ4v) is 4.11. The SMILES string of the molecule is Cn1nccc1C(=O)N1CC[C@@H]2O[C@@](C)(COc3ccccc3)C[C@@H]2C1. The van der Waals surface area contributed by atoms with Gasteiger partial charge in [0.15, 0.2) is 0 Å². The van der Waals surface area contributed by atoms with Crippen LogP contribution in [-0.2, 0) is 11.8 Å². The largest absolute Gasteiger partial charge is 0.491 e. The second-order valence-electron chi connectivity index (χ2n) is 7.55. The third-order valence-electron chi connectivity index (χ3n) is 5.41. The summed E-state index contributed by atoms with van der Waals surface area (Å²) < 4.78 is 13.9. The van der Waals surface area contributed by atoms with Gasteiger partial charge in [-0.25, -0.2) is 0 Å². The first-order chi connectivity index (χ1) is 12.5. The van der Waals surface area contributed by atoms with Gasteiger partial charge < -0.3 is 14.4 Å². The molecule has 0 aliphatic carbocycles. The second-order valence-corrected chi connectivity index (χ2v) is 7.55. The first-order valence-corrected chi connectivity index (χ1v) is 9.17. The number of hydrogen-bond acceptors (Lipinski definition) is 4. The van der Waals surface area contributed by atoms with Gasteiger partial charge in [-0.2, -0.15) is 5.10 Å². The van der Waals surface area contributed by atoms with Gasteiger partial charge in [0.1, 0.15) is 23.7 Å². The lowest BCUT2D eigenvalue weighted by atomic mass is 9.89. The Bertz CT molecular complexity index is 776. The minimum absolute atomic E-state index is 0.0533. The fraction of sp³-hybridized carbons (Fsp3) is 0.500. The summed E-state index contributed by atoms with van der Waals surface area (Å²) in [7, 11) is 1.80. The molecule has 0 radical (unpaired) electrons. The van der Waals surface area contributed by atoms with Gasteiger partial charge in [0.25, 0.3) is 5.91 Å². The third kappa shape index (κ3) is 3.33. The number of aromatic nitrogens is 2. The highest BCUT2D eigenvalue weighted by Crippen LogP contribution is 2.39. The van der Waals surface area contributed by atoms with Gasteiger partial charge in [0, 0.05) is 32.3 Å². The van der Waals surface area contributed by atoms with Crippen molar-refractivity contribution in [1.82, 2.24) is 14.7 Å². The Labute approximate surface area is 153 Å². The molecule has 1 amide bonds. The molecule has 6 nitrogen and oxygen atoms in total. The van der Waals surface area contributed by atoms with Crippen LogP contribution in [0.3, 0.4) is 0 Å². The summed E-state index contributed by atoms with van der Waals surface area (Å²) in [6, 6.07) is 11.6. The minimum atomic E-state index is -0.309. The van der Waals surface area contributed by atoms with E-state index in [1.165, 1.54) is 0 Å². The van der Waals surface area contributed by atoms with Crippen LogP contribution in [0.15, 0.2) is 42.6 Å². The average Bonchev–Trinajstić information content (AvgIpc) is 3.22. The first-order valence-electron chi connectivity index (χ1n) is 9.17. The maximum Gasteiger partial charge on any atom is 0.272 e. The standard InChI is InChI=1S/C20H25N3O3/c1-20(14-25-16-6-4-3-5-7-16)12-15-13-23(11-9-18(15)26-20)19(24)17-8-10-21-22(17)2/h3-8,10,15,18H,9,11-14H2,1-2H3/t15-,18+,20-/m1/s1. The molecule has 2 fully saturated rings. The number of carbonyl (C=O) groups excluding carboxylic acids is 1. The molecule has 0 spiro atoms. The van der Waals surface area contributed by atoms with Crippen molar-refractivity contribution in [2.45, 2.75) is 31.5 Å². The van der Waals surface area contributed by atoms with E-state index >= 15 is 0 Å². The van der Waals surface area contributed by atoms with Gasteiger partial charge in [-0.15, -0.1) is 0 Å². The van der Waals surface area contributed by atoms with Crippen molar-refractivity contribution in [3.63, 3.8) is 0 Å². The van der Waals surface area contributed by atoms with Gasteiger partial charge >= 0.3 is 0 Å². The number of amides is 1. The van der Waals surface area contributed by atoms with E-state index in [-0.39, 0.29) is 17.6 Å². The molecule has 0 bridgehead atoms. The summed E-state index contributed by atoms with van der Waals surface area (Å²) in [4.78, 5) is 14.7. The van der Waals surface area contributed by atoms with Crippen molar-refractivity contribution in [2.75, 3.05) is 19.7 Å². The molecule has 2 aromatic rings. The fourth-order valence-electron chi connectivity index (χ4n) is 4.11. The number of likely N-dealkylation sites (tertiary alicyclic amines) is 1. The summed E-state index contributed by atoms with van der Waals surface area (Å²) in [5.41, 5.74) is 0.328. The molecule has 3 heterocycles. The molecule has 0 N–H and O–H groups in total. The van der Waals surface area contributed by atoms with Crippen LogP contribution in [0.4, 0.5) is 0 Å². The van der Waals surface area contributed by atoms with E-state index in [1.54, 1.807) is 24.0 Å². The number of piperidine rings is 1. The highest BCUT2D eigenvalue weighted by Gasteiger charge is 2.47. The van der Waals surface area contributed by atoms with Crippen LogP contribution in [0.2, 0.25) is 0 Å². The average molecular weight is 355 g/mol. The molecule has 138 valence electrons. The van der Waals surface area contributed by atoms with Crippen molar-refractivity contribution in [2.24, 2.45) is 13.0 Å². The Balaban J connectivity index is 1.38. The zero-order valence-corrected chi connectivity index (χ0v) is 15.3. The van der Waals surface area contributed by atoms with Crippen LogP contribution in [0.25, 0.3) is 0 Å². The zero-order chi connectivity index (χ0) is 18.1. The quantitative estimate of drug-likeness (QED) is 0.846. The van der Waals surface area contributed by atoms with E-state index in [9.17, 15) is 4.79 Å². The van der Waals surface area contributed by atoms with Crippen LogP contribution in [0, 0.1) is 5.92 Å². The Morgan fingerprint density at radius 1 is 1.35 bits per heavy atom. The molecule has 6 heteroatoms. The number of carbonyl (C=O) groups is 1. The number of nitrogens with zero attached hydrogens (tertiary/aromatic N) is 3. The molecular formula is C20H25N3O3. The molecule has 2 aliphatic rings. The van der Waals surface area contributed by atoms with E-state index in [1.807, 2.05) is 35.2 Å². The summed E-state index contributed by atoms with van der Waals surface area (Å²) in [6.45, 7) is 4.09. The van der Waals surface area contributed by atoms with Gasteiger partial charge in [-0.1, -0.05) is 18.2 Å². The van der Waals surface area contributed by atoms with E-state index < -0.39 is 0 Å². The van der Waals surface area contributed by atoms with Crippen LogP contribution in [0.1, 0.15) is 30.3 Å². The van der Waals surface area contributed by atoms with E-state index in [0.717, 1.165) is 31.7 Å². The first kappa shape index (κ1) is 17.1. The van der Waals surface area contributed by atoms with Gasteiger partial charge in [-0.3, -0.25) is 9.48 Å². The third-order valence-corrected chi connectivity index (χ3v) is 5.41. The number of fused-ring (bicyclic) bond motifs is 1. The maximum absolute atomic E-state index is 12.7. The number of aryl methyl sites for hydroxylation is 1. The molecule has 4 rings (SSSR count). The number of ether oxygens (including phenoxy) is 2. The van der Waals surface area contributed by atoms with Crippen LogP contribution >= 0.6 is 0 Å². The topological polar surface area (TPSA) is 56.6 Å². The Morgan fingerprint density at radius 2 is 2.15 bits per heavy atom.